The second kappa shape index (κ2) is 7.67. The Hall–Kier alpha value is -3.20. The molecular weight excluding hydrogens is 354 g/mol. The van der Waals surface area contributed by atoms with E-state index in [2.05, 4.69) is 77.1 Å². The average Bonchev–Trinajstić information content (AvgIpc) is 3.10. The fourth-order valence-electron chi connectivity index (χ4n) is 4.33. The molecule has 0 N–H and O–H groups in total. The van der Waals surface area contributed by atoms with Gasteiger partial charge in [0.1, 0.15) is 5.82 Å². The van der Waals surface area contributed by atoms with E-state index in [0.717, 1.165) is 17.9 Å². The van der Waals surface area contributed by atoms with Crippen molar-refractivity contribution in [2.45, 2.75) is 39.2 Å². The van der Waals surface area contributed by atoms with Crippen LogP contribution in [0.15, 0.2) is 73.1 Å². The van der Waals surface area contributed by atoms with Crippen LogP contribution in [0.3, 0.4) is 0 Å². The van der Waals surface area contributed by atoms with Crippen LogP contribution in [0.1, 0.15) is 42.6 Å². The Balaban J connectivity index is 1.52. The van der Waals surface area contributed by atoms with Gasteiger partial charge in [0.25, 0.3) is 0 Å². The van der Waals surface area contributed by atoms with Gasteiger partial charge in [-0.15, -0.1) is 0 Å². The SMILES string of the molecule is Cc1nc2c(-c3ccc(C4=CCCCC4)cc3)cccc2n1Cc1ccncc1. The van der Waals surface area contributed by atoms with Crippen LogP contribution < -0.4 is 0 Å². The number of hydrogen-bond donors (Lipinski definition) is 0. The van der Waals surface area contributed by atoms with Crippen molar-refractivity contribution in [3.8, 4) is 11.1 Å². The van der Waals surface area contributed by atoms with Gasteiger partial charge in [0.05, 0.1) is 11.0 Å². The van der Waals surface area contributed by atoms with Gasteiger partial charge in [-0.05, 0) is 73.1 Å². The van der Waals surface area contributed by atoms with E-state index < -0.39 is 0 Å². The number of pyridine rings is 1. The maximum Gasteiger partial charge on any atom is 0.107 e. The van der Waals surface area contributed by atoms with E-state index in [-0.39, 0.29) is 0 Å². The molecule has 0 spiro atoms. The standard InChI is InChI=1S/C26H25N3/c1-19-28-26-24(23-12-10-22(11-13-23)21-6-3-2-4-7-21)8-5-9-25(26)29(19)18-20-14-16-27-17-15-20/h5-6,8-17H,2-4,7,18H2,1H3. The fourth-order valence-corrected chi connectivity index (χ4v) is 4.33. The Morgan fingerprint density at radius 2 is 1.69 bits per heavy atom. The van der Waals surface area contributed by atoms with Crippen LogP contribution in [0.25, 0.3) is 27.7 Å². The zero-order chi connectivity index (χ0) is 19.6. The normalized spacial score (nSPS) is 14.2. The molecule has 29 heavy (non-hydrogen) atoms. The number of rotatable bonds is 4. The molecule has 0 bridgehead atoms. The maximum atomic E-state index is 4.93. The topological polar surface area (TPSA) is 30.7 Å². The van der Waals surface area contributed by atoms with Gasteiger partial charge in [0.2, 0.25) is 0 Å². The van der Waals surface area contributed by atoms with Crippen molar-refractivity contribution in [1.29, 1.82) is 0 Å². The molecule has 2 aromatic carbocycles. The molecule has 0 radical (unpaired) electrons. The van der Waals surface area contributed by atoms with Gasteiger partial charge in [-0.1, -0.05) is 42.5 Å². The Morgan fingerprint density at radius 3 is 2.45 bits per heavy atom. The van der Waals surface area contributed by atoms with Gasteiger partial charge in [0.15, 0.2) is 0 Å². The van der Waals surface area contributed by atoms with Crippen LogP contribution >= 0.6 is 0 Å². The van der Waals surface area contributed by atoms with Crippen LogP contribution in [0.4, 0.5) is 0 Å². The molecular formula is C26H25N3. The highest BCUT2D eigenvalue weighted by molar-refractivity contribution is 5.92. The van der Waals surface area contributed by atoms with Crippen molar-refractivity contribution in [3.05, 3.63) is 90.0 Å². The number of nitrogens with zero attached hydrogens (tertiary/aromatic N) is 3. The van der Waals surface area contributed by atoms with Gasteiger partial charge in [0, 0.05) is 24.5 Å². The Labute approximate surface area is 171 Å². The summed E-state index contributed by atoms with van der Waals surface area (Å²) >= 11 is 0. The first kappa shape index (κ1) is 17.9. The zero-order valence-corrected chi connectivity index (χ0v) is 16.8. The van der Waals surface area contributed by atoms with Gasteiger partial charge in [-0.25, -0.2) is 4.98 Å². The summed E-state index contributed by atoms with van der Waals surface area (Å²) in [6, 6.07) is 19.6. The lowest BCUT2D eigenvalue weighted by Gasteiger charge is -2.13. The average molecular weight is 380 g/mol. The summed E-state index contributed by atoms with van der Waals surface area (Å²) in [5.74, 6) is 1.04. The third-order valence-corrected chi connectivity index (χ3v) is 5.92. The second-order valence-electron chi connectivity index (χ2n) is 7.83. The van der Waals surface area contributed by atoms with E-state index in [1.807, 2.05) is 12.4 Å². The van der Waals surface area contributed by atoms with Gasteiger partial charge in [-0.2, -0.15) is 0 Å². The number of benzene rings is 2. The molecule has 3 heteroatoms. The van der Waals surface area contributed by atoms with Crippen LogP contribution in [-0.4, -0.2) is 14.5 Å². The van der Waals surface area contributed by atoms with Crippen molar-refractivity contribution in [3.63, 3.8) is 0 Å². The van der Waals surface area contributed by atoms with E-state index in [4.69, 9.17) is 4.98 Å². The lowest BCUT2D eigenvalue weighted by molar-refractivity contribution is 0.742. The fraction of sp³-hybridized carbons (Fsp3) is 0.231. The predicted octanol–water partition coefficient (Wildman–Crippen LogP) is 6.41. The monoisotopic (exact) mass is 379 g/mol. The number of imidazole rings is 1. The zero-order valence-electron chi connectivity index (χ0n) is 16.8. The van der Waals surface area contributed by atoms with Gasteiger partial charge < -0.3 is 4.57 Å². The molecule has 4 aromatic rings. The summed E-state index contributed by atoms with van der Waals surface area (Å²) in [7, 11) is 0. The van der Waals surface area contributed by atoms with Gasteiger partial charge in [-0.3, -0.25) is 4.98 Å². The molecule has 0 aliphatic heterocycles. The van der Waals surface area contributed by atoms with E-state index in [1.54, 1.807) is 0 Å². The Kier molecular flexibility index (Phi) is 4.73. The molecule has 3 nitrogen and oxygen atoms in total. The number of hydrogen-bond acceptors (Lipinski definition) is 2. The number of para-hydroxylation sites is 1. The first-order valence-corrected chi connectivity index (χ1v) is 10.4. The quantitative estimate of drug-likeness (QED) is 0.410. The minimum absolute atomic E-state index is 0.807. The number of aryl methyl sites for hydroxylation is 1. The lowest BCUT2D eigenvalue weighted by atomic mass is 9.92. The Morgan fingerprint density at radius 1 is 0.897 bits per heavy atom. The molecule has 1 aliphatic carbocycles. The van der Waals surface area contributed by atoms with Crippen molar-refractivity contribution >= 4 is 16.6 Å². The van der Waals surface area contributed by atoms with E-state index >= 15 is 0 Å². The molecule has 2 aromatic heterocycles. The molecule has 0 unspecified atom stereocenters. The minimum atomic E-state index is 0.807. The van der Waals surface area contributed by atoms with Crippen LogP contribution in [-0.2, 0) is 6.54 Å². The van der Waals surface area contributed by atoms with Crippen molar-refractivity contribution < 1.29 is 0 Å². The number of fused-ring (bicyclic) bond motifs is 1. The molecule has 0 amide bonds. The molecule has 0 fully saturated rings. The third kappa shape index (κ3) is 3.49. The largest absolute Gasteiger partial charge is 0.324 e. The molecule has 0 saturated heterocycles. The van der Waals surface area contributed by atoms with Crippen molar-refractivity contribution in [2.75, 3.05) is 0 Å². The van der Waals surface area contributed by atoms with Gasteiger partial charge >= 0.3 is 0 Å². The van der Waals surface area contributed by atoms with E-state index in [9.17, 15) is 0 Å². The summed E-state index contributed by atoms with van der Waals surface area (Å²) in [5.41, 5.74) is 8.77. The predicted molar refractivity (Wildman–Crippen MR) is 120 cm³/mol. The number of allylic oxidation sites excluding steroid dienone is 2. The molecule has 0 atom stereocenters. The third-order valence-electron chi connectivity index (χ3n) is 5.92. The van der Waals surface area contributed by atoms with E-state index in [1.165, 1.54) is 59.0 Å². The summed E-state index contributed by atoms with van der Waals surface area (Å²) in [6.45, 7) is 2.89. The van der Waals surface area contributed by atoms with Crippen LogP contribution in [0, 0.1) is 6.92 Å². The number of aromatic nitrogens is 3. The van der Waals surface area contributed by atoms with E-state index in [0.29, 0.717) is 0 Å². The summed E-state index contributed by atoms with van der Waals surface area (Å²) in [5, 5.41) is 0. The smallest absolute Gasteiger partial charge is 0.107 e. The summed E-state index contributed by atoms with van der Waals surface area (Å²) in [6.07, 6.45) is 11.1. The lowest BCUT2D eigenvalue weighted by Crippen LogP contribution is -2.01. The first-order chi connectivity index (χ1) is 14.3. The molecule has 1 aliphatic rings. The highest BCUT2D eigenvalue weighted by Crippen LogP contribution is 2.32. The minimum Gasteiger partial charge on any atom is -0.324 e. The second-order valence-corrected chi connectivity index (χ2v) is 7.83. The van der Waals surface area contributed by atoms with Crippen LogP contribution in [0.5, 0.6) is 0 Å². The molecule has 5 rings (SSSR count). The van der Waals surface area contributed by atoms with Crippen molar-refractivity contribution in [1.82, 2.24) is 14.5 Å². The first-order valence-electron chi connectivity index (χ1n) is 10.4. The van der Waals surface area contributed by atoms with Crippen LogP contribution in [0.2, 0.25) is 0 Å². The highest BCUT2D eigenvalue weighted by atomic mass is 15.1. The molecule has 0 saturated carbocycles. The Bertz CT molecular complexity index is 1170. The summed E-state index contributed by atoms with van der Waals surface area (Å²) in [4.78, 5) is 9.06. The van der Waals surface area contributed by atoms with Crippen molar-refractivity contribution in [2.24, 2.45) is 0 Å². The molecule has 144 valence electrons. The summed E-state index contributed by atoms with van der Waals surface area (Å²) < 4.78 is 2.29. The molecule has 2 heterocycles. The highest BCUT2D eigenvalue weighted by Gasteiger charge is 2.13. The maximum absolute atomic E-state index is 4.93.